The molecule has 2 aromatic carbocycles. The van der Waals surface area contributed by atoms with E-state index in [1.54, 1.807) is 36.4 Å². The number of nitrogens with one attached hydrogen (secondary N) is 1. The molecule has 0 fully saturated rings. The maximum atomic E-state index is 12.5. The Morgan fingerprint density at radius 1 is 1.13 bits per heavy atom. The molecule has 3 aromatic rings. The van der Waals surface area contributed by atoms with E-state index in [0.29, 0.717) is 16.1 Å². The SMILES string of the molecule is Cn1c(=O)c(NC(=O)Cc2ccc(Cl)cc2)c(Cl)n(CC#Cc2cccc(O)c2)c1=O. The molecule has 0 saturated carbocycles. The minimum atomic E-state index is -0.725. The molecule has 1 amide bonds. The molecule has 0 aliphatic rings. The molecule has 0 saturated heterocycles. The molecule has 0 spiro atoms. The van der Waals surface area contributed by atoms with Gasteiger partial charge in [0.25, 0.3) is 5.56 Å². The van der Waals surface area contributed by atoms with Crippen LogP contribution in [0, 0.1) is 11.8 Å². The fraction of sp³-hybridized carbons (Fsp3) is 0.136. The Kier molecular flexibility index (Phi) is 6.85. The summed E-state index contributed by atoms with van der Waals surface area (Å²) in [4.78, 5) is 37.4. The van der Waals surface area contributed by atoms with Gasteiger partial charge in [0.05, 0.1) is 13.0 Å². The third-order valence-corrected chi connectivity index (χ3v) is 4.98. The van der Waals surface area contributed by atoms with Crippen LogP contribution in [0.2, 0.25) is 10.2 Å². The number of carbonyl (C=O) groups excluding carboxylic acids is 1. The van der Waals surface area contributed by atoms with Crippen LogP contribution in [0.3, 0.4) is 0 Å². The van der Waals surface area contributed by atoms with E-state index in [9.17, 15) is 19.5 Å². The number of aromatic nitrogens is 2. The summed E-state index contributed by atoms with van der Waals surface area (Å²) in [5.74, 6) is 5.17. The number of aromatic hydroxyl groups is 1. The number of benzene rings is 2. The number of halogens is 2. The van der Waals surface area contributed by atoms with Crippen molar-refractivity contribution < 1.29 is 9.90 Å². The minimum absolute atomic E-state index is 0.00686. The first-order chi connectivity index (χ1) is 14.8. The highest BCUT2D eigenvalue weighted by molar-refractivity contribution is 6.32. The van der Waals surface area contributed by atoms with E-state index in [1.807, 2.05) is 0 Å². The van der Waals surface area contributed by atoms with Gasteiger partial charge in [0, 0.05) is 17.6 Å². The van der Waals surface area contributed by atoms with Crippen LogP contribution in [0.15, 0.2) is 58.1 Å². The zero-order chi connectivity index (χ0) is 22.5. The van der Waals surface area contributed by atoms with E-state index < -0.39 is 17.2 Å². The molecular weight excluding hydrogens is 441 g/mol. The molecule has 0 bridgehead atoms. The first-order valence-corrected chi connectivity index (χ1v) is 9.83. The van der Waals surface area contributed by atoms with Gasteiger partial charge in [-0.2, -0.15) is 0 Å². The summed E-state index contributed by atoms with van der Waals surface area (Å²) < 4.78 is 1.93. The van der Waals surface area contributed by atoms with Gasteiger partial charge in [-0.25, -0.2) is 4.79 Å². The molecule has 1 aromatic heterocycles. The lowest BCUT2D eigenvalue weighted by atomic mass is 10.1. The molecule has 7 nitrogen and oxygen atoms in total. The van der Waals surface area contributed by atoms with Crippen LogP contribution in [0.4, 0.5) is 5.69 Å². The summed E-state index contributed by atoms with van der Waals surface area (Å²) in [6.07, 6.45) is -0.00686. The fourth-order valence-electron chi connectivity index (χ4n) is 2.76. The number of nitrogens with zero attached hydrogens (tertiary/aromatic N) is 2. The van der Waals surface area contributed by atoms with Crippen molar-refractivity contribution >= 4 is 34.8 Å². The Hall–Kier alpha value is -3.47. The topological polar surface area (TPSA) is 93.3 Å². The monoisotopic (exact) mass is 457 g/mol. The summed E-state index contributed by atoms with van der Waals surface area (Å²) in [5, 5.41) is 12.3. The molecule has 3 rings (SSSR count). The van der Waals surface area contributed by atoms with E-state index in [0.717, 1.165) is 9.13 Å². The predicted octanol–water partition coefficient (Wildman–Crippen LogP) is 2.79. The molecule has 0 atom stereocenters. The van der Waals surface area contributed by atoms with Crippen molar-refractivity contribution in [2.45, 2.75) is 13.0 Å². The number of phenols is 1. The Morgan fingerprint density at radius 2 is 1.84 bits per heavy atom. The summed E-state index contributed by atoms with van der Waals surface area (Å²) in [5.41, 5.74) is -0.361. The van der Waals surface area contributed by atoms with Gasteiger partial charge in [-0.1, -0.05) is 53.2 Å². The lowest BCUT2D eigenvalue weighted by molar-refractivity contribution is -0.115. The molecule has 0 aliphatic heterocycles. The molecule has 2 N–H and O–H groups in total. The fourth-order valence-corrected chi connectivity index (χ4v) is 3.15. The van der Waals surface area contributed by atoms with E-state index in [2.05, 4.69) is 17.2 Å². The van der Waals surface area contributed by atoms with Crippen LogP contribution < -0.4 is 16.6 Å². The third kappa shape index (κ3) is 5.37. The largest absolute Gasteiger partial charge is 0.508 e. The normalized spacial score (nSPS) is 10.3. The average molecular weight is 458 g/mol. The lowest BCUT2D eigenvalue weighted by Gasteiger charge is -2.13. The van der Waals surface area contributed by atoms with Gasteiger partial charge < -0.3 is 10.4 Å². The summed E-state index contributed by atoms with van der Waals surface area (Å²) >= 11 is 12.1. The van der Waals surface area contributed by atoms with Gasteiger partial charge >= 0.3 is 5.69 Å². The molecule has 9 heteroatoms. The molecule has 1 heterocycles. The minimum Gasteiger partial charge on any atom is -0.508 e. The van der Waals surface area contributed by atoms with Gasteiger partial charge in [0.2, 0.25) is 5.91 Å². The van der Waals surface area contributed by atoms with Crippen molar-refractivity contribution in [1.82, 2.24) is 9.13 Å². The third-order valence-electron chi connectivity index (χ3n) is 4.34. The second-order valence-electron chi connectivity index (χ2n) is 6.60. The van der Waals surface area contributed by atoms with Gasteiger partial charge in [0.15, 0.2) is 0 Å². The second kappa shape index (κ2) is 9.56. The van der Waals surface area contributed by atoms with Gasteiger partial charge in [-0.3, -0.25) is 18.7 Å². The zero-order valence-corrected chi connectivity index (χ0v) is 17.9. The van der Waals surface area contributed by atoms with E-state index >= 15 is 0 Å². The van der Waals surface area contributed by atoms with Crippen LogP contribution in [-0.4, -0.2) is 20.1 Å². The number of phenolic OH excluding ortho intramolecular Hbond substituents is 1. The highest BCUT2D eigenvalue weighted by Gasteiger charge is 2.18. The number of rotatable bonds is 4. The number of amides is 1. The molecule has 0 aliphatic carbocycles. The van der Waals surface area contributed by atoms with E-state index in [4.69, 9.17) is 23.2 Å². The number of anilines is 1. The number of hydrogen-bond donors (Lipinski definition) is 2. The van der Waals surface area contributed by atoms with E-state index in [-0.39, 0.29) is 29.6 Å². The molecule has 0 unspecified atom stereocenters. The van der Waals surface area contributed by atoms with Crippen molar-refractivity contribution in [3.8, 4) is 17.6 Å². The summed E-state index contributed by atoms with van der Waals surface area (Å²) in [6, 6.07) is 13.0. The second-order valence-corrected chi connectivity index (χ2v) is 7.40. The van der Waals surface area contributed by atoms with Gasteiger partial charge in [0.1, 0.15) is 16.6 Å². The van der Waals surface area contributed by atoms with Crippen LogP contribution in [0.25, 0.3) is 0 Å². The van der Waals surface area contributed by atoms with Gasteiger partial charge in [-0.05, 0) is 35.9 Å². The Labute approximate surface area is 187 Å². The van der Waals surface area contributed by atoms with Crippen molar-refractivity contribution in [3.63, 3.8) is 0 Å². The van der Waals surface area contributed by atoms with Crippen LogP contribution in [0.1, 0.15) is 11.1 Å². The first-order valence-electron chi connectivity index (χ1n) is 9.08. The Balaban J connectivity index is 1.87. The molecule has 0 radical (unpaired) electrons. The van der Waals surface area contributed by atoms with Crippen molar-refractivity contribution in [1.29, 1.82) is 0 Å². The standard InChI is InChI=1S/C22H17Cl2N3O4/c1-26-21(30)19(25-18(29)13-15-7-9-16(23)10-8-15)20(24)27(22(26)31)11-3-5-14-4-2-6-17(28)12-14/h2,4,6-10,12,28H,11,13H2,1H3,(H,25,29). The zero-order valence-electron chi connectivity index (χ0n) is 16.4. The summed E-state index contributed by atoms with van der Waals surface area (Å²) in [7, 11) is 1.29. The maximum Gasteiger partial charge on any atom is 0.332 e. The van der Waals surface area contributed by atoms with E-state index in [1.165, 1.54) is 19.2 Å². The lowest BCUT2D eigenvalue weighted by Crippen LogP contribution is -2.40. The molecule has 158 valence electrons. The molecular formula is C22H17Cl2N3O4. The Morgan fingerprint density at radius 3 is 2.52 bits per heavy atom. The number of carbonyl (C=O) groups is 1. The maximum absolute atomic E-state index is 12.5. The van der Waals surface area contributed by atoms with Crippen molar-refractivity contribution in [2.75, 3.05) is 5.32 Å². The van der Waals surface area contributed by atoms with Crippen LogP contribution >= 0.6 is 23.2 Å². The van der Waals surface area contributed by atoms with Crippen molar-refractivity contribution in [2.24, 2.45) is 7.05 Å². The van der Waals surface area contributed by atoms with Crippen LogP contribution in [-0.2, 0) is 24.8 Å². The highest BCUT2D eigenvalue weighted by atomic mass is 35.5. The first kappa shape index (κ1) is 22.2. The smallest absolute Gasteiger partial charge is 0.332 e. The van der Waals surface area contributed by atoms with Crippen LogP contribution in [0.5, 0.6) is 5.75 Å². The molecule has 31 heavy (non-hydrogen) atoms. The predicted molar refractivity (Wildman–Crippen MR) is 120 cm³/mol. The number of hydrogen-bond acceptors (Lipinski definition) is 4. The Bertz CT molecular complexity index is 1320. The quantitative estimate of drug-likeness (QED) is 0.465. The van der Waals surface area contributed by atoms with Crippen molar-refractivity contribution in [3.05, 3.63) is 90.7 Å². The highest BCUT2D eigenvalue weighted by Crippen LogP contribution is 2.16. The average Bonchev–Trinajstić information content (AvgIpc) is 2.74. The summed E-state index contributed by atoms with van der Waals surface area (Å²) in [6.45, 7) is -0.124. The van der Waals surface area contributed by atoms with Gasteiger partial charge in [-0.15, -0.1) is 0 Å².